The average Bonchev–Trinajstić information content (AvgIpc) is 3.26. The van der Waals surface area contributed by atoms with Crippen LogP contribution in [0.3, 0.4) is 0 Å². The lowest BCUT2D eigenvalue weighted by molar-refractivity contribution is -0.115. The van der Waals surface area contributed by atoms with Crippen molar-refractivity contribution < 1.29 is 9.32 Å². The van der Waals surface area contributed by atoms with Crippen molar-refractivity contribution in [1.82, 2.24) is 5.16 Å². The molecule has 0 bridgehead atoms. The number of fused-ring (bicyclic) bond motifs is 1. The van der Waals surface area contributed by atoms with Gasteiger partial charge < -0.3 is 9.84 Å². The number of hydrogen-bond acceptors (Lipinski definition) is 4. The van der Waals surface area contributed by atoms with Gasteiger partial charge in [0.05, 0.1) is 6.42 Å². The molecule has 0 saturated carbocycles. The topological polar surface area (TPSA) is 55.1 Å². The average molecular weight is 334 g/mol. The summed E-state index contributed by atoms with van der Waals surface area (Å²) in [6.45, 7) is 0. The minimum absolute atomic E-state index is 0.113. The molecular formula is C19H14N2O2S. The van der Waals surface area contributed by atoms with Crippen LogP contribution in [-0.2, 0) is 11.2 Å². The van der Waals surface area contributed by atoms with Crippen molar-refractivity contribution in [3.8, 4) is 10.4 Å². The Kier molecular flexibility index (Phi) is 3.84. The number of carbonyl (C=O) groups excluding carboxylic acids is 1. The van der Waals surface area contributed by atoms with E-state index in [0.29, 0.717) is 11.3 Å². The van der Waals surface area contributed by atoms with Gasteiger partial charge in [0.2, 0.25) is 5.91 Å². The highest BCUT2D eigenvalue weighted by atomic mass is 32.1. The number of hydrogen-bond donors (Lipinski definition) is 1. The van der Waals surface area contributed by atoms with Crippen LogP contribution in [-0.4, -0.2) is 11.1 Å². The number of para-hydroxylation sites is 2. The van der Waals surface area contributed by atoms with Gasteiger partial charge in [0.25, 0.3) is 0 Å². The van der Waals surface area contributed by atoms with Crippen molar-refractivity contribution in [2.75, 3.05) is 5.32 Å². The van der Waals surface area contributed by atoms with E-state index in [1.807, 2.05) is 66.0 Å². The third kappa shape index (κ3) is 2.81. The van der Waals surface area contributed by atoms with E-state index < -0.39 is 0 Å². The molecule has 1 amide bonds. The number of benzene rings is 2. The smallest absolute Gasteiger partial charge is 0.230 e. The summed E-state index contributed by atoms with van der Waals surface area (Å²) in [7, 11) is 0. The second-order valence-electron chi connectivity index (χ2n) is 5.37. The summed E-state index contributed by atoms with van der Waals surface area (Å²) < 4.78 is 5.25. The molecule has 0 radical (unpaired) electrons. The highest BCUT2D eigenvalue weighted by Crippen LogP contribution is 2.31. The van der Waals surface area contributed by atoms with Crippen molar-refractivity contribution in [2.45, 2.75) is 6.42 Å². The maximum atomic E-state index is 12.5. The molecule has 2 aromatic carbocycles. The van der Waals surface area contributed by atoms with Gasteiger partial charge >= 0.3 is 0 Å². The molecule has 2 aromatic heterocycles. The third-order valence-corrected chi connectivity index (χ3v) is 4.67. The number of thiophene rings is 1. The highest BCUT2D eigenvalue weighted by Gasteiger charge is 2.14. The van der Waals surface area contributed by atoms with Crippen LogP contribution in [0, 0.1) is 0 Å². The normalized spacial score (nSPS) is 10.8. The molecule has 1 N–H and O–H groups in total. The second-order valence-corrected chi connectivity index (χ2v) is 6.32. The second kappa shape index (κ2) is 6.29. The Hall–Kier alpha value is -2.92. The van der Waals surface area contributed by atoms with Gasteiger partial charge in [0.15, 0.2) is 5.58 Å². The summed E-state index contributed by atoms with van der Waals surface area (Å²) >= 11 is 1.65. The van der Waals surface area contributed by atoms with Crippen molar-refractivity contribution in [2.24, 2.45) is 0 Å². The number of anilines is 1. The fourth-order valence-corrected chi connectivity index (χ4v) is 3.42. The minimum atomic E-state index is -0.113. The Morgan fingerprint density at radius 1 is 1.04 bits per heavy atom. The first-order chi connectivity index (χ1) is 11.8. The summed E-state index contributed by atoms with van der Waals surface area (Å²) in [5.74, 6) is -0.113. The van der Waals surface area contributed by atoms with Crippen molar-refractivity contribution in [1.29, 1.82) is 0 Å². The van der Waals surface area contributed by atoms with Crippen LogP contribution in [0.25, 0.3) is 21.4 Å². The van der Waals surface area contributed by atoms with Gasteiger partial charge in [-0.25, -0.2) is 0 Å². The van der Waals surface area contributed by atoms with E-state index in [-0.39, 0.29) is 12.3 Å². The van der Waals surface area contributed by atoms with E-state index in [4.69, 9.17) is 4.52 Å². The Morgan fingerprint density at radius 3 is 2.75 bits per heavy atom. The van der Waals surface area contributed by atoms with E-state index >= 15 is 0 Å². The Balaban J connectivity index is 1.57. The lowest BCUT2D eigenvalue weighted by atomic mass is 10.1. The first kappa shape index (κ1) is 14.7. The predicted octanol–water partition coefficient (Wildman–Crippen LogP) is 4.74. The Bertz CT molecular complexity index is 989. The molecule has 0 aliphatic heterocycles. The summed E-state index contributed by atoms with van der Waals surface area (Å²) in [6, 6.07) is 19.4. The van der Waals surface area contributed by atoms with E-state index in [1.54, 1.807) is 11.3 Å². The minimum Gasteiger partial charge on any atom is -0.356 e. The zero-order valence-corrected chi connectivity index (χ0v) is 13.5. The number of nitrogens with zero attached hydrogens (tertiary/aromatic N) is 1. The van der Waals surface area contributed by atoms with Crippen molar-refractivity contribution in [3.05, 3.63) is 71.7 Å². The zero-order chi connectivity index (χ0) is 16.4. The van der Waals surface area contributed by atoms with Gasteiger partial charge in [-0.3, -0.25) is 4.79 Å². The van der Waals surface area contributed by atoms with Crippen LogP contribution in [0.1, 0.15) is 5.69 Å². The lowest BCUT2D eigenvalue weighted by Crippen LogP contribution is -2.15. The van der Waals surface area contributed by atoms with E-state index in [9.17, 15) is 4.79 Å². The van der Waals surface area contributed by atoms with E-state index in [0.717, 1.165) is 21.5 Å². The molecule has 0 aliphatic carbocycles. The highest BCUT2D eigenvalue weighted by molar-refractivity contribution is 7.13. The van der Waals surface area contributed by atoms with Gasteiger partial charge in [0, 0.05) is 21.5 Å². The van der Waals surface area contributed by atoms with Gasteiger partial charge in [-0.15, -0.1) is 11.3 Å². The predicted molar refractivity (Wildman–Crippen MR) is 96.1 cm³/mol. The van der Waals surface area contributed by atoms with Crippen LogP contribution in [0.2, 0.25) is 0 Å². The first-order valence-corrected chi connectivity index (χ1v) is 8.45. The van der Waals surface area contributed by atoms with Gasteiger partial charge in [0.1, 0.15) is 5.69 Å². The van der Waals surface area contributed by atoms with Crippen LogP contribution in [0.5, 0.6) is 0 Å². The summed E-state index contributed by atoms with van der Waals surface area (Å²) in [6.07, 6.45) is 0.176. The Labute approximate surface area is 142 Å². The summed E-state index contributed by atoms with van der Waals surface area (Å²) in [5, 5.41) is 9.90. The maximum absolute atomic E-state index is 12.5. The first-order valence-electron chi connectivity index (χ1n) is 7.57. The van der Waals surface area contributed by atoms with Crippen molar-refractivity contribution in [3.63, 3.8) is 0 Å². The SMILES string of the molecule is O=C(Cc1noc2ccccc12)Nc1ccccc1-c1cccs1. The third-order valence-electron chi connectivity index (χ3n) is 3.77. The summed E-state index contributed by atoms with van der Waals surface area (Å²) in [5.41, 5.74) is 3.17. The lowest BCUT2D eigenvalue weighted by Gasteiger charge is -2.09. The van der Waals surface area contributed by atoms with Gasteiger partial charge in [-0.2, -0.15) is 0 Å². The molecule has 5 heteroatoms. The Morgan fingerprint density at radius 2 is 1.88 bits per heavy atom. The van der Waals surface area contributed by atoms with Gasteiger partial charge in [-0.05, 0) is 29.6 Å². The molecule has 2 heterocycles. The number of amides is 1. The molecule has 0 aliphatic rings. The monoisotopic (exact) mass is 334 g/mol. The fourth-order valence-electron chi connectivity index (χ4n) is 2.65. The van der Waals surface area contributed by atoms with Gasteiger partial charge in [-0.1, -0.05) is 41.6 Å². The maximum Gasteiger partial charge on any atom is 0.230 e. The zero-order valence-electron chi connectivity index (χ0n) is 12.7. The molecule has 0 fully saturated rings. The molecular weight excluding hydrogens is 320 g/mol. The van der Waals surface area contributed by atoms with Crippen LogP contribution in [0.15, 0.2) is 70.6 Å². The number of rotatable bonds is 4. The molecule has 4 nitrogen and oxygen atoms in total. The quantitative estimate of drug-likeness (QED) is 0.586. The fraction of sp³-hybridized carbons (Fsp3) is 0.0526. The largest absolute Gasteiger partial charge is 0.356 e. The van der Waals surface area contributed by atoms with Crippen LogP contribution >= 0.6 is 11.3 Å². The molecule has 0 spiro atoms. The molecule has 4 aromatic rings. The number of carbonyl (C=O) groups is 1. The number of aromatic nitrogens is 1. The molecule has 118 valence electrons. The van der Waals surface area contributed by atoms with Crippen LogP contribution in [0.4, 0.5) is 5.69 Å². The van der Waals surface area contributed by atoms with E-state index in [1.165, 1.54) is 0 Å². The van der Waals surface area contributed by atoms with Crippen LogP contribution < -0.4 is 5.32 Å². The standard InChI is InChI=1S/C19H14N2O2S/c22-19(12-16-13-6-2-4-9-17(13)23-21-16)20-15-8-3-1-7-14(15)18-10-5-11-24-18/h1-11H,12H2,(H,20,22). The van der Waals surface area contributed by atoms with Crippen molar-refractivity contribution >= 4 is 33.9 Å². The molecule has 0 unspecified atom stereocenters. The molecule has 0 atom stereocenters. The summed E-state index contributed by atoms with van der Waals surface area (Å²) in [4.78, 5) is 13.6. The number of nitrogens with one attached hydrogen (secondary N) is 1. The van der Waals surface area contributed by atoms with E-state index in [2.05, 4.69) is 10.5 Å². The molecule has 4 rings (SSSR count). The molecule has 0 saturated heterocycles. The molecule has 24 heavy (non-hydrogen) atoms.